The van der Waals surface area contributed by atoms with Gasteiger partial charge in [-0.05, 0) is 38.8 Å². The number of hydrogen-bond acceptors (Lipinski definition) is 4. The van der Waals surface area contributed by atoms with Gasteiger partial charge in [0, 0.05) is 11.6 Å². The number of halogens is 1. The number of hydrogen-bond donors (Lipinski definition) is 1. The van der Waals surface area contributed by atoms with Gasteiger partial charge in [-0.3, -0.25) is 10.1 Å². The molecule has 0 spiro atoms. The van der Waals surface area contributed by atoms with E-state index in [1.165, 1.54) is 6.07 Å². The molecular weight excluding hydrogens is 316 g/mol. The van der Waals surface area contributed by atoms with Gasteiger partial charge in [0.05, 0.1) is 9.82 Å². The van der Waals surface area contributed by atoms with E-state index in [9.17, 15) is 18.5 Å². The Labute approximate surface area is 129 Å². The third-order valence-electron chi connectivity index (χ3n) is 3.02. The Morgan fingerprint density at radius 2 is 1.95 bits per heavy atom. The highest BCUT2D eigenvalue weighted by Gasteiger charge is 2.29. The van der Waals surface area contributed by atoms with Crippen LogP contribution in [0.4, 0.5) is 5.69 Å². The van der Waals surface area contributed by atoms with Crippen LogP contribution in [0.2, 0.25) is 5.02 Å². The van der Waals surface area contributed by atoms with Gasteiger partial charge in [0.2, 0.25) is 10.0 Å². The molecule has 118 valence electrons. The zero-order valence-corrected chi connectivity index (χ0v) is 14.0. The van der Waals surface area contributed by atoms with Gasteiger partial charge < -0.3 is 0 Å². The van der Waals surface area contributed by atoms with E-state index in [1.807, 2.05) is 6.92 Å². The summed E-state index contributed by atoms with van der Waals surface area (Å²) in [5.41, 5.74) is -0.685. The topological polar surface area (TPSA) is 89.3 Å². The zero-order valence-electron chi connectivity index (χ0n) is 12.4. The summed E-state index contributed by atoms with van der Waals surface area (Å²) in [7, 11) is -3.86. The molecule has 0 aromatic heterocycles. The molecule has 1 aromatic rings. The van der Waals surface area contributed by atoms with Gasteiger partial charge in [0.15, 0.2) is 0 Å². The van der Waals surface area contributed by atoms with Crippen molar-refractivity contribution in [3.63, 3.8) is 0 Å². The molecule has 0 aliphatic heterocycles. The molecule has 0 atom stereocenters. The van der Waals surface area contributed by atoms with Gasteiger partial charge in [-0.1, -0.05) is 24.9 Å². The van der Waals surface area contributed by atoms with E-state index in [2.05, 4.69) is 4.72 Å². The molecular formula is C13H19ClN2O4S. The first-order valence-corrected chi connectivity index (χ1v) is 8.35. The lowest BCUT2D eigenvalue weighted by Crippen LogP contribution is -2.43. The lowest BCUT2D eigenvalue weighted by molar-refractivity contribution is -0.384. The first-order chi connectivity index (χ1) is 9.50. The molecule has 0 heterocycles. The predicted molar refractivity (Wildman–Crippen MR) is 82.2 cm³/mol. The van der Waals surface area contributed by atoms with Crippen molar-refractivity contribution in [1.82, 2.24) is 4.72 Å². The van der Waals surface area contributed by atoms with E-state index in [0.29, 0.717) is 12.0 Å². The number of nitro benzene ring substituents is 1. The Morgan fingerprint density at radius 3 is 2.43 bits per heavy atom. The van der Waals surface area contributed by atoms with Crippen molar-refractivity contribution >= 4 is 27.3 Å². The molecule has 1 N–H and O–H groups in total. The number of nitro groups is 1. The van der Waals surface area contributed by atoms with Crippen LogP contribution in [0, 0.1) is 17.0 Å². The highest BCUT2D eigenvalue weighted by Crippen LogP contribution is 2.30. The standard InChI is InChI=1S/C13H19ClN2O4S/c1-5-6-13(3,4)15-21(19,20)12-8-11(16(17)18)10(14)7-9(12)2/h7-8,15H,5-6H2,1-4H3. The molecule has 6 nitrogen and oxygen atoms in total. The van der Waals surface area contributed by atoms with E-state index >= 15 is 0 Å². The summed E-state index contributed by atoms with van der Waals surface area (Å²) in [6, 6.07) is 2.29. The first kappa shape index (κ1) is 17.9. The van der Waals surface area contributed by atoms with Crippen LogP contribution >= 0.6 is 11.6 Å². The molecule has 8 heteroatoms. The molecule has 0 aliphatic rings. The SMILES string of the molecule is CCCC(C)(C)NS(=O)(=O)c1cc([N+](=O)[O-])c(Cl)cc1C. The average molecular weight is 335 g/mol. The number of nitrogens with zero attached hydrogens (tertiary/aromatic N) is 1. The van der Waals surface area contributed by atoms with E-state index in [0.717, 1.165) is 12.5 Å². The minimum Gasteiger partial charge on any atom is -0.258 e. The molecule has 0 radical (unpaired) electrons. The van der Waals surface area contributed by atoms with Crippen molar-refractivity contribution in [3.8, 4) is 0 Å². The number of nitrogens with one attached hydrogen (secondary N) is 1. The van der Waals surface area contributed by atoms with Crippen LogP contribution in [0.1, 0.15) is 39.2 Å². The quantitative estimate of drug-likeness (QED) is 0.637. The molecule has 0 unspecified atom stereocenters. The molecule has 21 heavy (non-hydrogen) atoms. The van der Waals surface area contributed by atoms with Crippen molar-refractivity contribution < 1.29 is 13.3 Å². The van der Waals surface area contributed by atoms with Gasteiger partial charge in [-0.2, -0.15) is 0 Å². The minimum atomic E-state index is -3.86. The molecule has 0 saturated carbocycles. The fourth-order valence-corrected chi connectivity index (χ4v) is 4.14. The number of aryl methyl sites for hydroxylation is 1. The molecule has 0 saturated heterocycles. The fourth-order valence-electron chi connectivity index (χ4n) is 2.17. The number of benzene rings is 1. The highest BCUT2D eigenvalue weighted by molar-refractivity contribution is 7.89. The Balaban J connectivity index is 3.32. The summed E-state index contributed by atoms with van der Waals surface area (Å²) in [5.74, 6) is 0. The van der Waals surface area contributed by atoms with Crippen LogP contribution in [0.3, 0.4) is 0 Å². The lowest BCUT2D eigenvalue weighted by atomic mass is 10.0. The molecule has 0 amide bonds. The summed E-state index contributed by atoms with van der Waals surface area (Å²) in [6.07, 6.45) is 1.47. The van der Waals surface area contributed by atoms with Crippen LogP contribution in [-0.4, -0.2) is 18.9 Å². The normalized spacial score (nSPS) is 12.4. The Morgan fingerprint density at radius 1 is 1.38 bits per heavy atom. The van der Waals surface area contributed by atoms with E-state index in [-0.39, 0.29) is 9.92 Å². The summed E-state index contributed by atoms with van der Waals surface area (Å²) in [6.45, 7) is 7.05. The van der Waals surface area contributed by atoms with E-state index in [4.69, 9.17) is 11.6 Å². The summed E-state index contributed by atoms with van der Waals surface area (Å²) in [4.78, 5) is 10.1. The summed E-state index contributed by atoms with van der Waals surface area (Å²) < 4.78 is 27.5. The monoisotopic (exact) mass is 334 g/mol. The van der Waals surface area contributed by atoms with Crippen molar-refractivity contribution in [2.45, 2.75) is 51.0 Å². The maximum absolute atomic E-state index is 12.5. The molecule has 1 rings (SSSR count). The van der Waals surface area contributed by atoms with E-state index in [1.54, 1.807) is 20.8 Å². The lowest BCUT2D eigenvalue weighted by Gasteiger charge is -2.25. The predicted octanol–water partition coefficient (Wildman–Crippen LogP) is 3.41. The van der Waals surface area contributed by atoms with Crippen molar-refractivity contribution in [1.29, 1.82) is 0 Å². The van der Waals surface area contributed by atoms with Gasteiger partial charge in [-0.25, -0.2) is 13.1 Å². The molecule has 0 fully saturated rings. The maximum atomic E-state index is 12.5. The number of rotatable bonds is 6. The van der Waals surface area contributed by atoms with Crippen molar-refractivity contribution in [3.05, 3.63) is 32.8 Å². The second-order valence-corrected chi connectivity index (χ2v) is 7.62. The summed E-state index contributed by atoms with van der Waals surface area (Å²) >= 11 is 5.77. The van der Waals surface area contributed by atoms with Crippen LogP contribution in [-0.2, 0) is 10.0 Å². The van der Waals surface area contributed by atoms with Gasteiger partial charge in [-0.15, -0.1) is 0 Å². The van der Waals surface area contributed by atoms with Gasteiger partial charge >= 0.3 is 0 Å². The minimum absolute atomic E-state index is 0.0794. The Kier molecular flexibility index (Phi) is 5.35. The van der Waals surface area contributed by atoms with E-state index < -0.39 is 26.2 Å². The second kappa shape index (κ2) is 6.29. The third-order valence-corrected chi connectivity index (χ3v) is 5.16. The molecule has 0 aliphatic carbocycles. The summed E-state index contributed by atoms with van der Waals surface area (Å²) in [5, 5.41) is 10.8. The van der Waals surface area contributed by atoms with Crippen molar-refractivity contribution in [2.24, 2.45) is 0 Å². The fraction of sp³-hybridized carbons (Fsp3) is 0.538. The maximum Gasteiger partial charge on any atom is 0.289 e. The van der Waals surface area contributed by atoms with Crippen LogP contribution < -0.4 is 4.72 Å². The molecule has 0 bridgehead atoms. The zero-order chi connectivity index (χ0) is 16.4. The average Bonchev–Trinajstić information content (AvgIpc) is 2.25. The molecule has 1 aromatic carbocycles. The largest absolute Gasteiger partial charge is 0.289 e. The Hall–Kier alpha value is -1.18. The van der Waals surface area contributed by atoms with Crippen molar-refractivity contribution in [2.75, 3.05) is 0 Å². The van der Waals surface area contributed by atoms with Gasteiger partial charge in [0.25, 0.3) is 5.69 Å². The third kappa shape index (κ3) is 4.39. The highest BCUT2D eigenvalue weighted by atomic mass is 35.5. The Bertz CT molecular complexity index is 656. The second-order valence-electron chi connectivity index (χ2n) is 5.57. The van der Waals surface area contributed by atoms with Gasteiger partial charge in [0.1, 0.15) is 5.02 Å². The smallest absolute Gasteiger partial charge is 0.258 e. The van der Waals surface area contributed by atoms with Crippen LogP contribution in [0.15, 0.2) is 17.0 Å². The van der Waals surface area contributed by atoms with Crippen LogP contribution in [0.5, 0.6) is 0 Å². The first-order valence-electron chi connectivity index (χ1n) is 6.48. The number of sulfonamides is 1. The van der Waals surface area contributed by atoms with Crippen LogP contribution in [0.25, 0.3) is 0 Å².